The van der Waals surface area contributed by atoms with Crippen molar-refractivity contribution in [3.8, 4) is 43.1 Å². The molecule has 0 radical (unpaired) electrons. The van der Waals surface area contributed by atoms with Gasteiger partial charge in [0.15, 0.2) is 0 Å². The van der Waals surface area contributed by atoms with Gasteiger partial charge < -0.3 is 0 Å². The summed E-state index contributed by atoms with van der Waals surface area (Å²) >= 11 is 19.4. The molecule has 6 heteroatoms. The van der Waals surface area contributed by atoms with E-state index in [0.717, 1.165) is 29.0 Å². The third kappa shape index (κ3) is 5.18. The van der Waals surface area contributed by atoms with Crippen LogP contribution in [0.1, 0.15) is 11.1 Å². The van der Waals surface area contributed by atoms with Gasteiger partial charge in [0.1, 0.15) is 0 Å². The Morgan fingerprint density at radius 1 is 0.429 bits per heavy atom. The van der Waals surface area contributed by atoms with E-state index in [-0.39, 0.29) is 0 Å². The van der Waals surface area contributed by atoms with Gasteiger partial charge in [-0.2, -0.15) is 0 Å². The van der Waals surface area contributed by atoms with Crippen molar-refractivity contribution in [1.82, 2.24) is 0 Å². The lowest BCUT2D eigenvalue weighted by Crippen LogP contribution is -1.83. The number of benzene rings is 5. The molecule has 0 nitrogen and oxygen atoms in total. The molecular weight excluding hydrogens is 816 g/mol. The summed E-state index contributed by atoms with van der Waals surface area (Å²) in [4.78, 5) is 2.42. The zero-order valence-electron chi connectivity index (χ0n) is 22.6. The summed E-state index contributed by atoms with van der Waals surface area (Å²) in [6.45, 7) is 4.25. The third-order valence-electron chi connectivity index (χ3n) is 7.57. The van der Waals surface area contributed by atoms with E-state index in [9.17, 15) is 0 Å². The van der Waals surface area contributed by atoms with E-state index in [2.05, 4.69) is 175 Å². The molecule has 42 heavy (non-hydrogen) atoms. The Labute approximate surface area is 287 Å². The molecule has 0 aliphatic carbocycles. The second-order valence-corrected chi connectivity index (χ2v) is 15.9. The summed E-state index contributed by atoms with van der Waals surface area (Å²) in [5, 5.41) is 2.46. The third-order valence-corrected chi connectivity index (χ3v) is 13.4. The standard InChI is InChI=1S/C36H22Br4S2/c1-19-3-7-21(8-4-19)23-11-13-25-31(15-23)41-35(33(25)39)27-17-30(38)28(18-29(27)37)36-34(40)26-14-12-24(16-32(26)42-36)22-9-5-20(2)6-10-22/h3-18H,1-2H3. The largest absolute Gasteiger partial charge is 0.134 e. The quantitative estimate of drug-likeness (QED) is 0.166. The van der Waals surface area contributed by atoms with Crippen LogP contribution in [0.15, 0.2) is 115 Å². The molecule has 0 fully saturated rings. The molecule has 0 saturated carbocycles. The van der Waals surface area contributed by atoms with Gasteiger partial charge in [-0.25, -0.2) is 0 Å². The molecule has 206 valence electrons. The molecule has 0 atom stereocenters. The van der Waals surface area contributed by atoms with E-state index >= 15 is 0 Å². The van der Waals surface area contributed by atoms with Crippen molar-refractivity contribution in [2.24, 2.45) is 0 Å². The second kappa shape index (κ2) is 11.5. The zero-order valence-corrected chi connectivity index (χ0v) is 30.5. The number of hydrogen-bond donors (Lipinski definition) is 0. The van der Waals surface area contributed by atoms with Crippen LogP contribution < -0.4 is 0 Å². The Bertz CT molecular complexity index is 1980. The molecule has 0 aliphatic heterocycles. The van der Waals surface area contributed by atoms with Crippen LogP contribution >= 0.6 is 86.4 Å². The van der Waals surface area contributed by atoms with E-state index in [1.54, 1.807) is 0 Å². The maximum atomic E-state index is 3.94. The minimum atomic E-state index is 1.07. The van der Waals surface area contributed by atoms with Gasteiger partial charge in [-0.15, -0.1) is 22.7 Å². The fourth-order valence-corrected chi connectivity index (χ4v) is 10.8. The predicted molar refractivity (Wildman–Crippen MR) is 199 cm³/mol. The summed E-state index contributed by atoms with van der Waals surface area (Å²) in [7, 11) is 0. The molecule has 0 aliphatic rings. The van der Waals surface area contributed by atoms with Gasteiger partial charge in [0.2, 0.25) is 0 Å². The number of hydrogen-bond acceptors (Lipinski definition) is 2. The molecule has 0 unspecified atom stereocenters. The first-order valence-corrected chi connectivity index (χ1v) is 18.2. The smallest absolute Gasteiger partial charge is 0.0509 e. The summed E-state index contributed by atoms with van der Waals surface area (Å²) in [5.41, 5.74) is 9.81. The highest BCUT2D eigenvalue weighted by Gasteiger charge is 2.20. The van der Waals surface area contributed by atoms with Crippen LogP contribution in [0, 0.1) is 13.8 Å². The van der Waals surface area contributed by atoms with Crippen molar-refractivity contribution in [2.75, 3.05) is 0 Å². The average Bonchev–Trinajstić information content (AvgIpc) is 3.50. The van der Waals surface area contributed by atoms with Crippen LogP contribution in [0.3, 0.4) is 0 Å². The minimum absolute atomic E-state index is 1.07. The SMILES string of the molecule is Cc1ccc(-c2ccc3c(Br)c(-c4cc(Br)c(-c5sc6cc(-c7ccc(C)cc7)ccc6c5Br)cc4Br)sc3c2)cc1. The minimum Gasteiger partial charge on any atom is -0.134 e. The monoisotopic (exact) mass is 834 g/mol. The Morgan fingerprint density at radius 3 is 1.17 bits per heavy atom. The van der Waals surface area contributed by atoms with Gasteiger partial charge >= 0.3 is 0 Å². The number of rotatable bonds is 4. The zero-order chi connectivity index (χ0) is 29.1. The maximum absolute atomic E-state index is 3.94. The maximum Gasteiger partial charge on any atom is 0.0509 e. The fourth-order valence-electron chi connectivity index (χ4n) is 5.22. The van der Waals surface area contributed by atoms with Crippen LogP contribution in [0.2, 0.25) is 0 Å². The van der Waals surface area contributed by atoms with Crippen molar-refractivity contribution in [1.29, 1.82) is 0 Å². The lowest BCUT2D eigenvalue weighted by molar-refractivity contribution is 1.47. The first-order valence-electron chi connectivity index (χ1n) is 13.3. The molecule has 0 N–H and O–H groups in total. The molecule has 2 aromatic heterocycles. The number of halogens is 4. The Morgan fingerprint density at radius 2 is 0.786 bits per heavy atom. The van der Waals surface area contributed by atoms with Crippen molar-refractivity contribution in [2.45, 2.75) is 13.8 Å². The highest BCUT2D eigenvalue weighted by Crippen LogP contribution is 2.50. The van der Waals surface area contributed by atoms with Crippen LogP contribution in [-0.2, 0) is 0 Å². The molecular formula is C36H22Br4S2. The lowest BCUT2D eigenvalue weighted by atomic mass is 10.0. The van der Waals surface area contributed by atoms with Crippen LogP contribution in [0.4, 0.5) is 0 Å². The van der Waals surface area contributed by atoms with E-state index in [4.69, 9.17) is 0 Å². The average molecular weight is 838 g/mol. The summed E-state index contributed by atoms with van der Waals surface area (Å²) in [6, 6.07) is 35.4. The molecule has 0 amide bonds. The Kier molecular flexibility index (Phi) is 7.83. The van der Waals surface area contributed by atoms with Gasteiger partial charge in [0, 0.05) is 49.2 Å². The number of fused-ring (bicyclic) bond motifs is 2. The van der Waals surface area contributed by atoms with Gasteiger partial charge in [0.05, 0.1) is 9.75 Å². The Balaban J connectivity index is 1.28. The van der Waals surface area contributed by atoms with Crippen molar-refractivity contribution >= 4 is 107 Å². The highest BCUT2D eigenvalue weighted by molar-refractivity contribution is 9.11. The van der Waals surface area contributed by atoms with Crippen molar-refractivity contribution < 1.29 is 0 Å². The normalized spacial score (nSPS) is 11.6. The van der Waals surface area contributed by atoms with E-state index in [1.165, 1.54) is 63.3 Å². The van der Waals surface area contributed by atoms with E-state index in [1.807, 2.05) is 22.7 Å². The lowest BCUT2D eigenvalue weighted by Gasteiger charge is -2.09. The Hall–Kier alpha value is -2.06. The van der Waals surface area contributed by atoms with Gasteiger partial charge in [-0.1, -0.05) is 116 Å². The van der Waals surface area contributed by atoms with Crippen LogP contribution in [0.25, 0.3) is 63.3 Å². The van der Waals surface area contributed by atoms with Gasteiger partial charge in [0.25, 0.3) is 0 Å². The molecule has 0 bridgehead atoms. The number of aryl methyl sites for hydroxylation is 2. The second-order valence-electron chi connectivity index (χ2n) is 10.5. The van der Waals surface area contributed by atoms with E-state index < -0.39 is 0 Å². The van der Waals surface area contributed by atoms with Crippen LogP contribution in [0.5, 0.6) is 0 Å². The van der Waals surface area contributed by atoms with Gasteiger partial charge in [-0.3, -0.25) is 0 Å². The first-order chi connectivity index (χ1) is 20.3. The predicted octanol–water partition coefficient (Wildman–Crippen LogP) is 14.5. The molecule has 5 aromatic carbocycles. The summed E-state index contributed by atoms with van der Waals surface area (Å²) in [5.74, 6) is 0. The molecule has 2 heterocycles. The number of thiophene rings is 2. The van der Waals surface area contributed by atoms with Crippen molar-refractivity contribution in [3.05, 3.63) is 126 Å². The molecule has 0 saturated heterocycles. The van der Waals surface area contributed by atoms with Gasteiger partial charge in [-0.05, 0) is 92.2 Å². The van der Waals surface area contributed by atoms with Crippen LogP contribution in [-0.4, -0.2) is 0 Å². The molecule has 7 aromatic rings. The summed E-state index contributed by atoms with van der Waals surface area (Å²) < 4.78 is 6.92. The molecule has 0 spiro atoms. The summed E-state index contributed by atoms with van der Waals surface area (Å²) in [6.07, 6.45) is 0. The molecule has 7 rings (SSSR count). The topological polar surface area (TPSA) is 0 Å². The first kappa shape index (κ1) is 28.7. The fraction of sp³-hybridized carbons (Fsp3) is 0.0556. The van der Waals surface area contributed by atoms with E-state index in [0.29, 0.717) is 0 Å². The van der Waals surface area contributed by atoms with Crippen molar-refractivity contribution in [3.63, 3.8) is 0 Å². The highest BCUT2D eigenvalue weighted by atomic mass is 79.9.